The average molecular weight is 371 g/mol. The molecule has 0 unspecified atom stereocenters. The largest absolute Gasteiger partial charge is 0.321 e. The molecule has 4 rings (SSSR count). The fourth-order valence-corrected chi connectivity index (χ4v) is 3.09. The molecular formula is C20H17N7O. The number of nitrogens with one attached hydrogen (secondary N) is 2. The van der Waals surface area contributed by atoms with Crippen LogP contribution in [0.15, 0.2) is 36.8 Å². The Bertz CT molecular complexity index is 1260. The summed E-state index contributed by atoms with van der Waals surface area (Å²) < 4.78 is 1.71. The van der Waals surface area contributed by atoms with Gasteiger partial charge in [-0.3, -0.25) is 14.6 Å². The zero-order chi connectivity index (χ0) is 19.8. The number of aromatic amines is 1. The number of hydrogen-bond acceptors (Lipinski definition) is 5. The highest BCUT2D eigenvalue weighted by atomic mass is 16.1. The van der Waals surface area contributed by atoms with E-state index in [0.717, 1.165) is 27.7 Å². The van der Waals surface area contributed by atoms with Crippen LogP contribution in [0.5, 0.6) is 0 Å². The number of carbonyl (C=O) groups is 1. The molecule has 1 amide bonds. The van der Waals surface area contributed by atoms with Gasteiger partial charge < -0.3 is 5.32 Å². The molecule has 4 aromatic rings. The highest BCUT2D eigenvalue weighted by molar-refractivity contribution is 6.05. The van der Waals surface area contributed by atoms with E-state index in [0.29, 0.717) is 22.5 Å². The predicted molar refractivity (Wildman–Crippen MR) is 105 cm³/mol. The van der Waals surface area contributed by atoms with Crippen molar-refractivity contribution in [3.8, 4) is 17.3 Å². The number of aromatic nitrogens is 5. The maximum Gasteiger partial charge on any atom is 0.274 e. The van der Waals surface area contributed by atoms with Gasteiger partial charge in [-0.05, 0) is 43.2 Å². The van der Waals surface area contributed by atoms with Crippen molar-refractivity contribution in [1.82, 2.24) is 25.0 Å². The Morgan fingerprint density at radius 1 is 1.25 bits per heavy atom. The van der Waals surface area contributed by atoms with Crippen LogP contribution in [0.3, 0.4) is 0 Å². The van der Waals surface area contributed by atoms with Crippen molar-refractivity contribution in [1.29, 1.82) is 5.26 Å². The number of pyridine rings is 1. The van der Waals surface area contributed by atoms with Gasteiger partial charge in [0.25, 0.3) is 5.91 Å². The van der Waals surface area contributed by atoms with Crippen LogP contribution >= 0.6 is 0 Å². The molecule has 0 bridgehead atoms. The molecule has 8 heteroatoms. The van der Waals surface area contributed by atoms with Crippen LogP contribution in [0.25, 0.3) is 22.2 Å². The summed E-state index contributed by atoms with van der Waals surface area (Å²) >= 11 is 0. The van der Waals surface area contributed by atoms with E-state index in [1.54, 1.807) is 23.9 Å². The number of fused-ring (bicyclic) bond motifs is 1. The summed E-state index contributed by atoms with van der Waals surface area (Å²) in [5, 5.41) is 24.4. The van der Waals surface area contributed by atoms with E-state index in [9.17, 15) is 4.79 Å². The minimum atomic E-state index is -0.323. The van der Waals surface area contributed by atoms with E-state index in [1.807, 2.05) is 32.3 Å². The second-order valence-electron chi connectivity index (χ2n) is 6.57. The van der Waals surface area contributed by atoms with E-state index in [1.165, 1.54) is 6.20 Å². The number of aryl methyl sites for hydroxylation is 1. The topological polar surface area (TPSA) is 112 Å². The highest BCUT2D eigenvalue weighted by Crippen LogP contribution is 2.28. The summed E-state index contributed by atoms with van der Waals surface area (Å²) in [5.74, 6) is -0.323. The number of benzene rings is 1. The molecule has 138 valence electrons. The van der Waals surface area contributed by atoms with Gasteiger partial charge in [-0.15, -0.1) is 0 Å². The molecule has 0 aliphatic heterocycles. The normalized spacial score (nSPS) is 10.8. The van der Waals surface area contributed by atoms with Gasteiger partial charge in [-0.2, -0.15) is 15.5 Å². The summed E-state index contributed by atoms with van der Waals surface area (Å²) in [6, 6.07) is 7.61. The number of nitrogens with zero attached hydrogens (tertiary/aromatic N) is 5. The second-order valence-corrected chi connectivity index (χ2v) is 6.57. The second kappa shape index (κ2) is 6.63. The summed E-state index contributed by atoms with van der Waals surface area (Å²) in [5.41, 5.74) is 5.36. The van der Waals surface area contributed by atoms with Crippen molar-refractivity contribution in [2.75, 3.05) is 5.32 Å². The Morgan fingerprint density at radius 3 is 2.79 bits per heavy atom. The van der Waals surface area contributed by atoms with E-state index in [-0.39, 0.29) is 5.91 Å². The molecule has 0 fully saturated rings. The molecule has 0 radical (unpaired) electrons. The first-order valence-electron chi connectivity index (χ1n) is 8.62. The van der Waals surface area contributed by atoms with Crippen molar-refractivity contribution in [3.63, 3.8) is 0 Å². The number of H-pyrrole nitrogens is 1. The van der Waals surface area contributed by atoms with Crippen molar-refractivity contribution in [3.05, 3.63) is 59.2 Å². The third-order valence-corrected chi connectivity index (χ3v) is 4.78. The maximum atomic E-state index is 12.7. The number of carbonyl (C=O) groups excluding carboxylic acids is 1. The van der Waals surface area contributed by atoms with Gasteiger partial charge >= 0.3 is 0 Å². The van der Waals surface area contributed by atoms with E-state index in [2.05, 4.69) is 31.7 Å². The number of nitriles is 1. The van der Waals surface area contributed by atoms with Gasteiger partial charge in [-0.25, -0.2) is 4.98 Å². The zero-order valence-electron chi connectivity index (χ0n) is 15.6. The smallest absolute Gasteiger partial charge is 0.274 e. The number of anilines is 1. The summed E-state index contributed by atoms with van der Waals surface area (Å²) in [7, 11) is 1.85. The summed E-state index contributed by atoms with van der Waals surface area (Å²) in [6.45, 7) is 3.60. The number of rotatable bonds is 3. The standard InChI is InChI=1S/C20H17N7O/c1-11-12(2)18(22-8-13(11)7-21)20(28)24-15-4-5-17-16(6-15)19(26-25-17)14-9-23-27(3)10-14/h4-6,8-10H,1-3H3,(H,24,28)(H,25,26). The Morgan fingerprint density at radius 2 is 2.07 bits per heavy atom. The molecule has 0 aliphatic carbocycles. The Hall–Kier alpha value is -3.99. The molecule has 28 heavy (non-hydrogen) atoms. The SMILES string of the molecule is Cc1c(C#N)cnc(C(=O)Nc2ccc3[nH]nc(-c4cnn(C)c4)c3c2)c1C. The molecule has 3 heterocycles. The molecule has 8 nitrogen and oxygen atoms in total. The molecule has 0 spiro atoms. The van der Waals surface area contributed by atoms with Crippen molar-refractivity contribution in [2.45, 2.75) is 13.8 Å². The van der Waals surface area contributed by atoms with Gasteiger partial charge in [0.15, 0.2) is 0 Å². The van der Waals surface area contributed by atoms with E-state index < -0.39 is 0 Å². The lowest BCUT2D eigenvalue weighted by molar-refractivity contribution is 0.102. The molecule has 0 aliphatic rings. The summed E-state index contributed by atoms with van der Waals surface area (Å²) in [4.78, 5) is 16.9. The van der Waals surface area contributed by atoms with Crippen LogP contribution in [0.4, 0.5) is 5.69 Å². The monoisotopic (exact) mass is 371 g/mol. The number of hydrogen-bond donors (Lipinski definition) is 2. The zero-order valence-corrected chi connectivity index (χ0v) is 15.6. The molecule has 3 aromatic heterocycles. The first-order chi connectivity index (χ1) is 13.5. The fraction of sp³-hybridized carbons (Fsp3) is 0.150. The highest BCUT2D eigenvalue weighted by Gasteiger charge is 2.16. The molecule has 1 aromatic carbocycles. The quantitative estimate of drug-likeness (QED) is 0.575. The van der Waals surface area contributed by atoms with Crippen LogP contribution in [0, 0.1) is 25.2 Å². The molecule has 2 N–H and O–H groups in total. The van der Waals surface area contributed by atoms with Gasteiger partial charge in [0.2, 0.25) is 0 Å². The third-order valence-electron chi connectivity index (χ3n) is 4.78. The van der Waals surface area contributed by atoms with Gasteiger partial charge in [0.1, 0.15) is 17.5 Å². The van der Waals surface area contributed by atoms with E-state index >= 15 is 0 Å². The molecule has 0 saturated carbocycles. The average Bonchev–Trinajstić information content (AvgIpc) is 3.29. The summed E-state index contributed by atoms with van der Waals surface area (Å²) in [6.07, 6.45) is 5.05. The van der Waals surface area contributed by atoms with Gasteiger partial charge in [0, 0.05) is 36.1 Å². The van der Waals surface area contributed by atoms with Crippen LogP contribution in [-0.2, 0) is 7.05 Å². The fourth-order valence-electron chi connectivity index (χ4n) is 3.09. The molecular weight excluding hydrogens is 354 g/mol. The lowest BCUT2D eigenvalue weighted by Crippen LogP contribution is -2.16. The minimum absolute atomic E-state index is 0.302. The van der Waals surface area contributed by atoms with E-state index in [4.69, 9.17) is 5.26 Å². The predicted octanol–water partition coefficient (Wildman–Crippen LogP) is 3.10. The van der Waals surface area contributed by atoms with Crippen LogP contribution in [0.2, 0.25) is 0 Å². The van der Waals surface area contributed by atoms with Crippen molar-refractivity contribution in [2.24, 2.45) is 7.05 Å². The molecule has 0 atom stereocenters. The van der Waals surface area contributed by atoms with Crippen molar-refractivity contribution < 1.29 is 4.79 Å². The lowest BCUT2D eigenvalue weighted by Gasteiger charge is -2.10. The Kier molecular flexibility index (Phi) is 4.12. The Balaban J connectivity index is 1.68. The van der Waals surface area contributed by atoms with Crippen LogP contribution < -0.4 is 5.32 Å². The first-order valence-corrected chi connectivity index (χ1v) is 8.62. The maximum absolute atomic E-state index is 12.7. The number of amides is 1. The molecule has 0 saturated heterocycles. The minimum Gasteiger partial charge on any atom is -0.321 e. The van der Waals surface area contributed by atoms with Gasteiger partial charge in [0.05, 0.1) is 17.3 Å². The van der Waals surface area contributed by atoms with Crippen molar-refractivity contribution >= 4 is 22.5 Å². The lowest BCUT2D eigenvalue weighted by atomic mass is 10.0. The first kappa shape index (κ1) is 17.4. The Labute approximate surface area is 160 Å². The van der Waals surface area contributed by atoms with Crippen LogP contribution in [-0.4, -0.2) is 30.9 Å². The van der Waals surface area contributed by atoms with Gasteiger partial charge in [-0.1, -0.05) is 0 Å². The third kappa shape index (κ3) is 2.89. The van der Waals surface area contributed by atoms with Crippen LogP contribution in [0.1, 0.15) is 27.2 Å².